The van der Waals surface area contributed by atoms with E-state index in [1.165, 1.54) is 41.5 Å². The van der Waals surface area contributed by atoms with Crippen LogP contribution in [0.3, 0.4) is 0 Å². The molecule has 458 valence electrons. The number of carbonyl (C=O) groups excluding carboxylic acids is 2. The lowest BCUT2D eigenvalue weighted by Crippen LogP contribution is -2.27. The number of hydrogen-bond acceptors (Lipinski definition) is 12. The van der Waals surface area contributed by atoms with E-state index in [9.17, 15) is 22.8 Å². The van der Waals surface area contributed by atoms with Gasteiger partial charge in [-0.2, -0.15) is 0 Å². The van der Waals surface area contributed by atoms with E-state index in [1.807, 2.05) is 119 Å². The summed E-state index contributed by atoms with van der Waals surface area (Å²) in [6, 6.07) is 51.1. The Hall–Kier alpha value is -10.2. The lowest BCUT2D eigenvalue weighted by molar-refractivity contribution is -0.128. The van der Waals surface area contributed by atoms with Crippen LogP contribution < -0.4 is 16.0 Å². The van der Waals surface area contributed by atoms with Crippen LogP contribution in [0, 0.1) is 17.5 Å². The van der Waals surface area contributed by atoms with E-state index < -0.39 is 0 Å². The van der Waals surface area contributed by atoms with Gasteiger partial charge in [-0.25, -0.2) is 43.1 Å². The van der Waals surface area contributed by atoms with Crippen LogP contribution in [0.5, 0.6) is 0 Å². The molecule has 4 aromatic heterocycles. The molecule has 2 saturated heterocycles. The van der Waals surface area contributed by atoms with Crippen molar-refractivity contribution in [1.82, 2.24) is 44.7 Å². The average molecular weight is 1220 g/mol. The van der Waals surface area contributed by atoms with Gasteiger partial charge in [0.1, 0.15) is 17.5 Å². The van der Waals surface area contributed by atoms with E-state index in [1.54, 1.807) is 12.3 Å². The molecular weight excluding hydrogens is 1150 g/mol. The number of nitrogens with zero attached hydrogens (tertiary/aromatic N) is 9. The number of benzene rings is 6. The highest BCUT2D eigenvalue weighted by Crippen LogP contribution is 2.45. The van der Waals surface area contributed by atoms with Gasteiger partial charge in [0.05, 0.1) is 29.3 Å². The number of pyridine rings is 1. The third kappa shape index (κ3) is 13.7. The van der Waals surface area contributed by atoms with Gasteiger partial charge >= 0.3 is 0 Å². The maximum absolute atomic E-state index is 14.6. The third-order valence-electron chi connectivity index (χ3n) is 17.7. The van der Waals surface area contributed by atoms with Crippen LogP contribution in [0.1, 0.15) is 112 Å². The summed E-state index contributed by atoms with van der Waals surface area (Å²) in [4.78, 5) is 59.6. The second kappa shape index (κ2) is 27.7. The van der Waals surface area contributed by atoms with Gasteiger partial charge in [0.25, 0.3) is 0 Å². The Morgan fingerprint density at radius 2 is 0.835 bits per heavy atom. The molecule has 2 fully saturated rings. The Morgan fingerprint density at radius 1 is 0.429 bits per heavy atom. The minimum absolute atomic E-state index is 0.0506. The van der Waals surface area contributed by atoms with Crippen molar-refractivity contribution in [2.24, 2.45) is 0 Å². The van der Waals surface area contributed by atoms with Crippen molar-refractivity contribution in [2.45, 2.75) is 82.1 Å². The summed E-state index contributed by atoms with van der Waals surface area (Å²) in [7, 11) is 0. The number of nitrogens with one attached hydrogen (secondary N) is 3. The molecule has 0 bridgehead atoms. The van der Waals surface area contributed by atoms with Gasteiger partial charge in [0.2, 0.25) is 29.7 Å². The topological polar surface area (TPSA) is 167 Å². The average Bonchev–Trinajstić information content (AvgIpc) is 1.21. The number of likely N-dealkylation sites (tertiary alicyclic amines) is 2. The van der Waals surface area contributed by atoms with Gasteiger partial charge < -0.3 is 25.8 Å². The summed E-state index contributed by atoms with van der Waals surface area (Å²) >= 11 is 0. The summed E-state index contributed by atoms with van der Waals surface area (Å²) in [5.74, 6) is 1.96. The second-order valence-corrected chi connectivity index (χ2v) is 23.6. The number of rotatable bonds is 16. The minimum Gasteiger partial charge on any atom is -0.354 e. The van der Waals surface area contributed by atoms with Gasteiger partial charge in [-0.3, -0.25) is 14.6 Å². The van der Waals surface area contributed by atoms with Crippen molar-refractivity contribution in [3.05, 3.63) is 262 Å². The smallest absolute Gasteiger partial charge is 0.223 e. The van der Waals surface area contributed by atoms with Crippen LogP contribution in [0.2, 0.25) is 0 Å². The van der Waals surface area contributed by atoms with Crippen LogP contribution in [-0.4, -0.2) is 95.8 Å². The monoisotopic (exact) mass is 1210 g/mol. The molecule has 14 nitrogen and oxygen atoms in total. The Bertz CT molecular complexity index is 4210. The number of anilines is 3. The predicted molar refractivity (Wildman–Crippen MR) is 348 cm³/mol. The number of aromatic nitrogens is 7. The zero-order chi connectivity index (χ0) is 62.0. The normalized spacial score (nSPS) is 16.5. The summed E-state index contributed by atoms with van der Waals surface area (Å²) < 4.78 is 41.4. The van der Waals surface area contributed by atoms with Crippen LogP contribution in [-0.2, 0) is 35.4 Å². The summed E-state index contributed by atoms with van der Waals surface area (Å²) in [6.45, 7) is 5.29. The van der Waals surface area contributed by atoms with Crippen LogP contribution in [0.15, 0.2) is 189 Å². The predicted octanol–water partition coefficient (Wildman–Crippen LogP) is 13.8. The maximum Gasteiger partial charge on any atom is 0.223 e. The number of hydrogen-bond donors (Lipinski definition) is 3. The fourth-order valence-corrected chi connectivity index (χ4v) is 13.2. The SMILES string of the molecule is Fc1ccc(C2Cc3cnc(NCc4ccccn4)nc3-c3ccccc32)cc1.O=C1CCCN1CCCNc1ncc2c(n1)-c1ccccc1C(c1ccc(F)cc1)C2.O=C1CCCN1CCCNc1ncc2c(n1)-c1ccccc1C(c1ccccc1F)C2. The zero-order valence-corrected chi connectivity index (χ0v) is 50.4. The Morgan fingerprint density at radius 3 is 1.26 bits per heavy atom. The van der Waals surface area contributed by atoms with Gasteiger partial charge in [0, 0.05) is 111 Å². The molecule has 15 rings (SSSR count). The molecule has 91 heavy (non-hydrogen) atoms. The van der Waals surface area contributed by atoms with Gasteiger partial charge in [-0.1, -0.05) is 121 Å². The number of halogens is 3. The van der Waals surface area contributed by atoms with Crippen molar-refractivity contribution in [3.63, 3.8) is 0 Å². The summed E-state index contributed by atoms with van der Waals surface area (Å²) in [6.07, 6.45) is 14.7. The Balaban J connectivity index is 0.000000125. The second-order valence-electron chi connectivity index (χ2n) is 23.6. The highest BCUT2D eigenvalue weighted by Gasteiger charge is 2.32. The minimum atomic E-state index is -0.221. The molecular formula is C74H69F3N12O2. The number of fused-ring (bicyclic) bond motifs is 9. The van der Waals surface area contributed by atoms with Crippen LogP contribution in [0.4, 0.5) is 31.0 Å². The van der Waals surface area contributed by atoms with E-state index in [-0.39, 0.29) is 47.0 Å². The first kappa shape index (κ1) is 59.8. The molecule has 10 aromatic rings. The van der Waals surface area contributed by atoms with E-state index in [0.29, 0.717) is 55.8 Å². The van der Waals surface area contributed by atoms with Crippen molar-refractivity contribution >= 4 is 29.7 Å². The summed E-state index contributed by atoms with van der Waals surface area (Å²) in [5, 5.41) is 9.87. The fraction of sp³-hybridized carbons (Fsp3) is 0.257. The van der Waals surface area contributed by atoms with E-state index in [0.717, 1.165) is 144 Å². The number of amides is 2. The largest absolute Gasteiger partial charge is 0.354 e. The Kier molecular flexibility index (Phi) is 18.2. The lowest BCUT2D eigenvalue weighted by atomic mass is 9.78. The molecule has 17 heteroatoms. The molecule has 2 amide bonds. The molecule has 3 atom stereocenters. The van der Waals surface area contributed by atoms with Crippen molar-refractivity contribution in [3.8, 4) is 33.8 Å². The highest BCUT2D eigenvalue weighted by molar-refractivity contribution is 5.79. The molecule has 0 spiro atoms. The molecule has 3 aliphatic carbocycles. The molecule has 5 aliphatic rings. The standard InChI is InChI=1S/2C25H25FN4O.C24H19FN4/c26-19-10-8-17(9-11-19)22-15-18-16-28-25(27-12-4-14-30-13-3-7-23(30)31)29-24(18)21-6-2-1-5-20(21)22;26-22-10-4-3-8-19(22)21-15-17-16-28-25(27-12-6-14-30-13-5-11-23(30)31)29-24(17)20-9-2-1-7-18(20)21;25-18-10-8-16(9-11-18)22-13-17-14-27-24(28-15-19-5-3-4-12-26-19)29-23(17)21-7-2-1-6-20(21)22/h1-2,5-6,8-11,16,22H,3-4,7,12-15H2,(H,27,28,29);1-4,7-10,16,21H,5-6,11-15H2,(H,27,28,29);1-12,14,22H,13,15H2,(H,27,28,29). The molecule has 3 N–H and O–H groups in total. The molecule has 6 aromatic carbocycles. The first-order valence-corrected chi connectivity index (χ1v) is 31.5. The van der Waals surface area contributed by atoms with Crippen LogP contribution in [0.25, 0.3) is 33.8 Å². The van der Waals surface area contributed by atoms with Crippen molar-refractivity contribution in [2.75, 3.05) is 55.2 Å². The highest BCUT2D eigenvalue weighted by atomic mass is 19.1. The van der Waals surface area contributed by atoms with E-state index in [2.05, 4.69) is 72.3 Å². The van der Waals surface area contributed by atoms with Crippen LogP contribution >= 0.6 is 0 Å². The first-order chi connectivity index (χ1) is 44.7. The molecule has 0 saturated carbocycles. The number of carbonyl (C=O) groups is 2. The van der Waals surface area contributed by atoms with Crippen molar-refractivity contribution in [1.29, 1.82) is 0 Å². The molecule has 2 aliphatic heterocycles. The zero-order valence-electron chi connectivity index (χ0n) is 50.4. The van der Waals surface area contributed by atoms with Gasteiger partial charge in [-0.05, 0) is 137 Å². The van der Waals surface area contributed by atoms with Crippen molar-refractivity contribution < 1.29 is 22.8 Å². The molecule has 3 unspecified atom stereocenters. The lowest BCUT2D eigenvalue weighted by Gasteiger charge is -2.27. The van der Waals surface area contributed by atoms with E-state index in [4.69, 9.17) is 15.0 Å². The fourth-order valence-electron chi connectivity index (χ4n) is 13.2. The maximum atomic E-state index is 14.6. The van der Waals surface area contributed by atoms with Gasteiger partial charge in [-0.15, -0.1) is 0 Å². The molecule has 0 radical (unpaired) electrons. The Labute approximate surface area is 527 Å². The summed E-state index contributed by atoms with van der Waals surface area (Å²) in [5.41, 5.74) is 16.6. The molecule has 6 heterocycles. The third-order valence-corrected chi connectivity index (χ3v) is 17.7. The van der Waals surface area contributed by atoms with Gasteiger partial charge in [0.15, 0.2) is 0 Å². The first-order valence-electron chi connectivity index (χ1n) is 31.5. The quantitative estimate of drug-likeness (QED) is 0.0785. The van der Waals surface area contributed by atoms with E-state index >= 15 is 0 Å².